The maximum Gasteiger partial charge on any atom is 0.236 e. The summed E-state index contributed by atoms with van der Waals surface area (Å²) in [6.07, 6.45) is 0. The minimum atomic E-state index is -0.462. The van der Waals surface area contributed by atoms with E-state index in [-0.39, 0.29) is 11.9 Å². The fraction of sp³-hybridized carbons (Fsp3) is 0.235. The summed E-state index contributed by atoms with van der Waals surface area (Å²) in [4.78, 5) is 11.7. The van der Waals surface area contributed by atoms with Crippen molar-refractivity contribution in [2.24, 2.45) is 5.73 Å². The summed E-state index contributed by atoms with van der Waals surface area (Å²) in [5.41, 5.74) is 7.71. The summed E-state index contributed by atoms with van der Waals surface area (Å²) in [5.74, 6) is -0.369. The number of likely N-dealkylation sites (N-methyl/N-ethyl adjacent to an activating group) is 1. The fourth-order valence-corrected chi connectivity index (χ4v) is 2.39. The molecule has 4 N–H and O–H groups in total. The SMILES string of the molecule is CN[C@@H](C(N)=O)[C@H](NCc1ccccc1)c1ccccc1. The summed E-state index contributed by atoms with van der Waals surface area (Å²) in [7, 11) is 1.75. The van der Waals surface area contributed by atoms with E-state index in [2.05, 4.69) is 10.6 Å². The first kappa shape index (κ1) is 15.2. The van der Waals surface area contributed by atoms with E-state index >= 15 is 0 Å². The van der Waals surface area contributed by atoms with Gasteiger partial charge in [-0.2, -0.15) is 0 Å². The Morgan fingerprint density at radius 2 is 1.62 bits per heavy atom. The minimum absolute atomic E-state index is 0.172. The highest BCUT2D eigenvalue weighted by Crippen LogP contribution is 2.17. The van der Waals surface area contributed by atoms with Crippen molar-refractivity contribution in [2.45, 2.75) is 18.6 Å². The topological polar surface area (TPSA) is 67.1 Å². The molecule has 0 aromatic heterocycles. The Bertz CT molecular complexity index is 557. The zero-order valence-electron chi connectivity index (χ0n) is 12.1. The van der Waals surface area contributed by atoms with Crippen LogP contribution in [0.5, 0.6) is 0 Å². The Kier molecular flexibility index (Phi) is 5.49. The quantitative estimate of drug-likeness (QED) is 0.723. The van der Waals surface area contributed by atoms with Crippen LogP contribution in [0.3, 0.4) is 0 Å². The second-order valence-electron chi connectivity index (χ2n) is 4.92. The van der Waals surface area contributed by atoms with E-state index in [9.17, 15) is 4.79 Å². The van der Waals surface area contributed by atoms with E-state index in [1.54, 1.807) is 7.05 Å². The summed E-state index contributed by atoms with van der Waals surface area (Å²) in [5, 5.41) is 6.42. The molecule has 0 spiro atoms. The van der Waals surface area contributed by atoms with E-state index in [1.165, 1.54) is 0 Å². The zero-order valence-corrected chi connectivity index (χ0v) is 12.1. The van der Waals surface area contributed by atoms with Gasteiger partial charge in [-0.25, -0.2) is 0 Å². The highest BCUT2D eigenvalue weighted by Gasteiger charge is 2.25. The van der Waals surface area contributed by atoms with E-state index in [0.29, 0.717) is 6.54 Å². The number of hydrogen-bond donors (Lipinski definition) is 3. The van der Waals surface area contributed by atoms with Crippen molar-refractivity contribution < 1.29 is 4.79 Å². The normalized spacial score (nSPS) is 13.6. The predicted octanol–water partition coefficient (Wildman–Crippen LogP) is 1.59. The molecule has 0 saturated carbocycles. The number of carbonyl (C=O) groups excluding carboxylic acids is 1. The third kappa shape index (κ3) is 4.15. The van der Waals surface area contributed by atoms with Crippen LogP contribution in [0.4, 0.5) is 0 Å². The van der Waals surface area contributed by atoms with Crippen molar-refractivity contribution in [3.05, 3.63) is 71.8 Å². The van der Waals surface area contributed by atoms with Gasteiger partial charge in [-0.05, 0) is 18.2 Å². The summed E-state index contributed by atoms with van der Waals surface area (Å²) in [6, 6.07) is 19.3. The Balaban J connectivity index is 2.18. The second kappa shape index (κ2) is 7.57. The van der Waals surface area contributed by atoms with Crippen molar-refractivity contribution >= 4 is 5.91 Å². The molecule has 0 aliphatic heterocycles. The molecule has 21 heavy (non-hydrogen) atoms. The van der Waals surface area contributed by atoms with Crippen molar-refractivity contribution in [1.82, 2.24) is 10.6 Å². The van der Waals surface area contributed by atoms with Crippen LogP contribution >= 0.6 is 0 Å². The van der Waals surface area contributed by atoms with Gasteiger partial charge in [0.25, 0.3) is 0 Å². The molecule has 0 aliphatic carbocycles. The predicted molar refractivity (Wildman–Crippen MR) is 84.5 cm³/mol. The smallest absolute Gasteiger partial charge is 0.236 e. The van der Waals surface area contributed by atoms with Crippen LogP contribution < -0.4 is 16.4 Å². The number of carbonyl (C=O) groups is 1. The number of hydrogen-bond acceptors (Lipinski definition) is 3. The molecule has 0 saturated heterocycles. The maximum absolute atomic E-state index is 11.7. The molecule has 4 heteroatoms. The molecule has 0 bridgehead atoms. The summed E-state index contributed by atoms with van der Waals surface area (Å²) >= 11 is 0. The van der Waals surface area contributed by atoms with Gasteiger partial charge in [0.2, 0.25) is 5.91 Å². The number of primary amides is 1. The lowest BCUT2D eigenvalue weighted by atomic mass is 9.98. The molecule has 1 amide bonds. The Hall–Kier alpha value is -2.17. The Morgan fingerprint density at radius 1 is 1.05 bits per heavy atom. The number of nitrogens with two attached hydrogens (primary N) is 1. The van der Waals surface area contributed by atoms with Crippen LogP contribution in [-0.4, -0.2) is 19.0 Å². The first-order valence-corrected chi connectivity index (χ1v) is 7.01. The maximum atomic E-state index is 11.7. The highest BCUT2D eigenvalue weighted by atomic mass is 16.1. The second-order valence-corrected chi connectivity index (χ2v) is 4.92. The molecule has 0 radical (unpaired) electrons. The lowest BCUT2D eigenvalue weighted by Crippen LogP contribution is -2.48. The molecular weight excluding hydrogens is 262 g/mol. The van der Waals surface area contributed by atoms with Crippen LogP contribution in [-0.2, 0) is 11.3 Å². The standard InChI is InChI=1S/C17H21N3O/c1-19-16(17(18)21)15(14-10-6-3-7-11-14)20-12-13-8-4-2-5-9-13/h2-11,15-16,19-20H,12H2,1H3,(H2,18,21)/t15-,16-/m1/s1. The van der Waals surface area contributed by atoms with E-state index in [4.69, 9.17) is 5.73 Å². The van der Waals surface area contributed by atoms with Gasteiger partial charge in [0.15, 0.2) is 0 Å². The minimum Gasteiger partial charge on any atom is -0.368 e. The number of rotatable bonds is 7. The van der Waals surface area contributed by atoms with Crippen LogP contribution in [0, 0.1) is 0 Å². The lowest BCUT2D eigenvalue weighted by Gasteiger charge is -2.26. The first-order valence-electron chi connectivity index (χ1n) is 7.01. The molecule has 2 atom stereocenters. The van der Waals surface area contributed by atoms with Gasteiger partial charge in [-0.15, -0.1) is 0 Å². The average Bonchev–Trinajstić information content (AvgIpc) is 2.53. The van der Waals surface area contributed by atoms with Gasteiger partial charge in [-0.1, -0.05) is 60.7 Å². The third-order valence-corrected chi connectivity index (χ3v) is 3.48. The van der Waals surface area contributed by atoms with Crippen LogP contribution in [0.2, 0.25) is 0 Å². The molecule has 0 aliphatic rings. The van der Waals surface area contributed by atoms with Gasteiger partial charge in [0.05, 0.1) is 6.04 Å². The Labute approximate surface area is 125 Å². The largest absolute Gasteiger partial charge is 0.368 e. The van der Waals surface area contributed by atoms with Crippen molar-refractivity contribution in [3.8, 4) is 0 Å². The number of benzene rings is 2. The van der Waals surface area contributed by atoms with Gasteiger partial charge >= 0.3 is 0 Å². The highest BCUT2D eigenvalue weighted by molar-refractivity contribution is 5.81. The van der Waals surface area contributed by atoms with E-state index in [1.807, 2.05) is 60.7 Å². The van der Waals surface area contributed by atoms with Crippen molar-refractivity contribution in [2.75, 3.05) is 7.05 Å². The van der Waals surface area contributed by atoms with Crippen LogP contribution in [0.15, 0.2) is 60.7 Å². The molecule has 2 aromatic carbocycles. The molecule has 4 nitrogen and oxygen atoms in total. The van der Waals surface area contributed by atoms with Gasteiger partial charge in [0, 0.05) is 6.54 Å². The first-order chi connectivity index (χ1) is 10.2. The van der Waals surface area contributed by atoms with Crippen molar-refractivity contribution in [3.63, 3.8) is 0 Å². The molecule has 2 rings (SSSR count). The van der Waals surface area contributed by atoms with Gasteiger partial charge < -0.3 is 16.4 Å². The average molecular weight is 283 g/mol. The monoisotopic (exact) mass is 283 g/mol. The van der Waals surface area contributed by atoms with Crippen LogP contribution in [0.1, 0.15) is 17.2 Å². The number of nitrogens with one attached hydrogen (secondary N) is 2. The molecule has 110 valence electrons. The molecule has 0 unspecified atom stereocenters. The Morgan fingerprint density at radius 3 is 2.14 bits per heavy atom. The van der Waals surface area contributed by atoms with Gasteiger partial charge in [-0.3, -0.25) is 4.79 Å². The molecular formula is C17H21N3O. The van der Waals surface area contributed by atoms with Crippen LogP contribution in [0.25, 0.3) is 0 Å². The van der Waals surface area contributed by atoms with Crippen molar-refractivity contribution in [1.29, 1.82) is 0 Å². The summed E-state index contributed by atoms with van der Waals surface area (Å²) in [6.45, 7) is 0.672. The zero-order chi connectivity index (χ0) is 15.1. The third-order valence-electron chi connectivity index (χ3n) is 3.48. The van der Waals surface area contributed by atoms with Gasteiger partial charge in [0.1, 0.15) is 6.04 Å². The number of amides is 1. The fourth-order valence-electron chi connectivity index (χ4n) is 2.39. The van der Waals surface area contributed by atoms with E-state index < -0.39 is 6.04 Å². The summed E-state index contributed by atoms with van der Waals surface area (Å²) < 4.78 is 0. The molecule has 0 fully saturated rings. The lowest BCUT2D eigenvalue weighted by molar-refractivity contribution is -0.120. The molecule has 2 aromatic rings. The molecule has 0 heterocycles. The van der Waals surface area contributed by atoms with E-state index in [0.717, 1.165) is 11.1 Å².